The zero-order chi connectivity index (χ0) is 8.43. The smallest absolute Gasteiger partial charge is 0.300 e. The Kier molecular flexibility index (Phi) is 1.67. The molecule has 1 aromatic heterocycles. The van der Waals surface area contributed by atoms with Crippen molar-refractivity contribution in [1.29, 1.82) is 0 Å². The fourth-order valence-electron chi connectivity index (χ4n) is 0.609. The van der Waals surface area contributed by atoms with Crippen molar-refractivity contribution < 1.29 is 9.77 Å². The van der Waals surface area contributed by atoms with Crippen molar-refractivity contribution in [2.45, 2.75) is 6.92 Å². The zero-order valence-electron chi connectivity index (χ0n) is 5.72. The second-order valence-electron chi connectivity index (χ2n) is 1.99. The van der Waals surface area contributed by atoms with Crippen molar-refractivity contribution in [3.8, 4) is 0 Å². The molecule has 0 aliphatic heterocycles. The summed E-state index contributed by atoms with van der Waals surface area (Å²) in [5.41, 5.74) is 0.0359. The van der Waals surface area contributed by atoms with Crippen LogP contribution < -0.4 is 4.85 Å². The molecule has 0 aliphatic rings. The molecule has 0 amide bonds. The maximum absolute atomic E-state index is 10.6. The molecular weight excluding hydrogens is 150 g/mol. The number of nitro groups is 1. The number of hydrogen-bond donors (Lipinski definition) is 0. The molecule has 11 heavy (non-hydrogen) atoms. The molecule has 0 spiro atoms. The van der Waals surface area contributed by atoms with E-state index < -0.39 is 4.92 Å². The van der Waals surface area contributed by atoms with Crippen molar-refractivity contribution in [1.82, 2.24) is 5.10 Å². The van der Waals surface area contributed by atoms with E-state index in [2.05, 4.69) is 5.10 Å². The number of hydrogen-bond acceptors (Lipinski definition) is 4. The van der Waals surface area contributed by atoms with Crippen LogP contribution in [0, 0.1) is 22.2 Å². The van der Waals surface area contributed by atoms with Crippen LogP contribution in [0.1, 0.15) is 5.69 Å². The summed E-state index contributed by atoms with van der Waals surface area (Å²) in [6.45, 7) is 1.45. The predicted octanol–water partition coefficient (Wildman–Crippen LogP) is -0.0684. The Morgan fingerprint density at radius 3 is 2.82 bits per heavy atom. The van der Waals surface area contributed by atoms with Gasteiger partial charge in [0.25, 0.3) is 5.69 Å². The number of aromatic nitrogens is 2. The van der Waals surface area contributed by atoms with Crippen molar-refractivity contribution in [2.24, 2.45) is 0 Å². The maximum atomic E-state index is 10.6. The SMILES string of the molecule is Cc1cc([N+](=O)[O-])cn[n+]1[O-]. The molecule has 6 nitrogen and oxygen atoms in total. The second-order valence-corrected chi connectivity index (χ2v) is 1.99. The van der Waals surface area contributed by atoms with Gasteiger partial charge in [-0.2, -0.15) is 0 Å². The molecule has 1 aromatic rings. The standard InChI is InChI=1S/C5H5N3O3/c1-4-2-5(8(10)11)3-6-7(4)9/h2-3H,1H3. The highest BCUT2D eigenvalue weighted by Crippen LogP contribution is 2.06. The first-order valence-electron chi connectivity index (χ1n) is 2.82. The van der Waals surface area contributed by atoms with E-state index in [9.17, 15) is 15.3 Å². The van der Waals surface area contributed by atoms with Crippen LogP contribution >= 0.6 is 0 Å². The Labute approximate surface area is 61.8 Å². The van der Waals surface area contributed by atoms with Crippen LogP contribution in [0.2, 0.25) is 0 Å². The molecule has 0 N–H and O–H groups in total. The monoisotopic (exact) mass is 155 g/mol. The van der Waals surface area contributed by atoms with Gasteiger partial charge >= 0.3 is 0 Å². The largest absolute Gasteiger partial charge is 0.594 e. The van der Waals surface area contributed by atoms with E-state index in [1.807, 2.05) is 0 Å². The van der Waals surface area contributed by atoms with E-state index in [0.29, 0.717) is 4.85 Å². The van der Waals surface area contributed by atoms with E-state index in [4.69, 9.17) is 0 Å². The first-order chi connectivity index (χ1) is 5.11. The molecule has 0 unspecified atom stereocenters. The van der Waals surface area contributed by atoms with E-state index in [1.165, 1.54) is 13.0 Å². The Bertz CT molecular complexity index is 299. The van der Waals surface area contributed by atoms with Gasteiger partial charge in [-0.15, -0.1) is 0 Å². The fraction of sp³-hybridized carbons (Fsp3) is 0.200. The van der Waals surface area contributed by atoms with Gasteiger partial charge in [0.05, 0.1) is 11.0 Å². The molecule has 0 radical (unpaired) electrons. The van der Waals surface area contributed by atoms with Crippen LogP contribution in [-0.4, -0.2) is 10.0 Å². The molecule has 0 fully saturated rings. The van der Waals surface area contributed by atoms with Crippen LogP contribution in [-0.2, 0) is 0 Å². The van der Waals surface area contributed by atoms with Crippen LogP contribution in [0.5, 0.6) is 0 Å². The summed E-state index contributed by atoms with van der Waals surface area (Å²) in [4.78, 5) is 9.85. The lowest BCUT2D eigenvalue weighted by Crippen LogP contribution is -2.34. The third-order valence-corrected chi connectivity index (χ3v) is 1.16. The molecule has 0 atom stereocenters. The highest BCUT2D eigenvalue weighted by Gasteiger charge is 2.10. The summed E-state index contributed by atoms with van der Waals surface area (Å²) >= 11 is 0. The van der Waals surface area contributed by atoms with Crippen LogP contribution in [0.15, 0.2) is 12.3 Å². The molecule has 1 heterocycles. The van der Waals surface area contributed by atoms with Crippen LogP contribution in [0.3, 0.4) is 0 Å². The van der Waals surface area contributed by atoms with Gasteiger partial charge in [0.1, 0.15) is 0 Å². The Morgan fingerprint density at radius 1 is 1.73 bits per heavy atom. The van der Waals surface area contributed by atoms with Crippen molar-refractivity contribution in [2.75, 3.05) is 0 Å². The van der Waals surface area contributed by atoms with E-state index >= 15 is 0 Å². The van der Waals surface area contributed by atoms with E-state index in [1.54, 1.807) is 0 Å². The van der Waals surface area contributed by atoms with E-state index in [0.717, 1.165) is 6.20 Å². The highest BCUT2D eigenvalue weighted by atomic mass is 16.6. The molecule has 0 aliphatic carbocycles. The van der Waals surface area contributed by atoms with Gasteiger partial charge in [0.2, 0.25) is 5.69 Å². The van der Waals surface area contributed by atoms with Crippen LogP contribution in [0.25, 0.3) is 0 Å². The minimum absolute atomic E-state index is 0.172. The first-order valence-corrected chi connectivity index (χ1v) is 2.82. The third kappa shape index (κ3) is 1.40. The summed E-state index contributed by atoms with van der Waals surface area (Å²) in [7, 11) is 0. The summed E-state index contributed by atoms with van der Waals surface area (Å²) in [5, 5.41) is 23.9. The molecule has 1 rings (SSSR count). The third-order valence-electron chi connectivity index (χ3n) is 1.16. The predicted molar refractivity (Wildman–Crippen MR) is 34.6 cm³/mol. The minimum Gasteiger partial charge on any atom is -0.594 e. The summed E-state index contributed by atoms with van der Waals surface area (Å²) in [6, 6.07) is 1.17. The van der Waals surface area contributed by atoms with Crippen molar-refractivity contribution in [3.63, 3.8) is 0 Å². The van der Waals surface area contributed by atoms with Gasteiger partial charge in [-0.05, 0) is 0 Å². The molecule has 0 bridgehead atoms. The van der Waals surface area contributed by atoms with Crippen molar-refractivity contribution in [3.05, 3.63) is 33.3 Å². The second kappa shape index (κ2) is 2.49. The van der Waals surface area contributed by atoms with Gasteiger partial charge in [0.15, 0.2) is 6.20 Å². The van der Waals surface area contributed by atoms with Crippen LogP contribution in [0.4, 0.5) is 5.69 Å². The summed E-state index contributed by atoms with van der Waals surface area (Å²) in [6.07, 6.45) is 0.917. The summed E-state index contributed by atoms with van der Waals surface area (Å²) < 4.78 is 0. The average Bonchev–Trinajstić information content (AvgIpc) is 1.94. The van der Waals surface area contributed by atoms with Crippen molar-refractivity contribution >= 4 is 5.69 Å². The van der Waals surface area contributed by atoms with Gasteiger partial charge in [-0.3, -0.25) is 10.1 Å². The molecule has 0 saturated carbocycles. The van der Waals surface area contributed by atoms with Gasteiger partial charge in [-0.1, -0.05) is 4.85 Å². The minimum atomic E-state index is -0.597. The normalized spacial score (nSPS) is 9.55. The Hall–Kier alpha value is -1.72. The molecule has 0 aromatic carbocycles. The molecule has 6 heteroatoms. The fourth-order valence-corrected chi connectivity index (χ4v) is 0.609. The Balaban J connectivity index is 3.15. The Morgan fingerprint density at radius 2 is 2.36 bits per heavy atom. The lowest BCUT2D eigenvalue weighted by molar-refractivity contribution is -0.676. The zero-order valence-corrected chi connectivity index (χ0v) is 5.72. The molecule has 0 saturated heterocycles. The topological polar surface area (TPSA) is 83.0 Å². The number of rotatable bonds is 1. The number of nitrogens with zero attached hydrogens (tertiary/aromatic N) is 3. The molecule has 58 valence electrons. The molecular formula is C5H5N3O3. The highest BCUT2D eigenvalue weighted by molar-refractivity contribution is 5.23. The summed E-state index contributed by atoms with van der Waals surface area (Å²) in [5.74, 6) is 0. The lowest BCUT2D eigenvalue weighted by Gasteiger charge is -1.94. The quantitative estimate of drug-likeness (QED) is 0.246. The number of aryl methyl sites for hydroxylation is 1. The maximum Gasteiger partial charge on any atom is 0.300 e. The van der Waals surface area contributed by atoms with E-state index in [-0.39, 0.29) is 11.4 Å². The van der Waals surface area contributed by atoms with Gasteiger partial charge in [-0.25, -0.2) is 0 Å². The first kappa shape index (κ1) is 7.39. The average molecular weight is 155 g/mol. The van der Waals surface area contributed by atoms with Gasteiger partial charge < -0.3 is 5.21 Å². The lowest BCUT2D eigenvalue weighted by atomic mass is 10.4. The van der Waals surface area contributed by atoms with Gasteiger partial charge in [0, 0.05) is 12.0 Å².